The Bertz CT molecular complexity index is 647. The molecule has 2 aromatic rings. The number of carbonyl (C=O) groups excluding carboxylic acids is 1. The number of rotatable bonds is 4. The maximum Gasteiger partial charge on any atom is 0.257 e. The van der Waals surface area contributed by atoms with Crippen molar-refractivity contribution in [2.24, 2.45) is 0 Å². The summed E-state index contributed by atoms with van der Waals surface area (Å²) in [6, 6.07) is 0. The number of H-pyrrole nitrogens is 1. The highest BCUT2D eigenvalue weighted by Crippen LogP contribution is 2.23. The van der Waals surface area contributed by atoms with Crippen molar-refractivity contribution in [1.82, 2.24) is 25.1 Å². The van der Waals surface area contributed by atoms with Crippen LogP contribution in [-0.4, -0.2) is 38.0 Å². The van der Waals surface area contributed by atoms with Gasteiger partial charge in [0.25, 0.3) is 5.91 Å². The number of nitrogens with one attached hydrogen (secondary N) is 1. The van der Waals surface area contributed by atoms with Gasteiger partial charge in [-0.1, -0.05) is 6.92 Å². The second-order valence-corrected chi connectivity index (χ2v) is 5.38. The molecule has 0 atom stereocenters. The molecule has 6 heteroatoms. The number of hydrogen-bond acceptors (Lipinski definition) is 4. The molecule has 21 heavy (non-hydrogen) atoms. The minimum absolute atomic E-state index is 0.0765. The van der Waals surface area contributed by atoms with Gasteiger partial charge < -0.3 is 4.90 Å². The van der Waals surface area contributed by atoms with Crippen LogP contribution in [0.5, 0.6) is 0 Å². The van der Waals surface area contributed by atoms with Gasteiger partial charge in [-0.05, 0) is 24.8 Å². The summed E-state index contributed by atoms with van der Waals surface area (Å²) in [5.74, 6) is 0.673. The van der Waals surface area contributed by atoms with Crippen LogP contribution in [0.25, 0.3) is 0 Å². The number of carbonyl (C=O) groups is 1. The summed E-state index contributed by atoms with van der Waals surface area (Å²) in [6.45, 7) is 2.50. The summed E-state index contributed by atoms with van der Waals surface area (Å²) in [7, 11) is 1.78. The Hall–Kier alpha value is -2.24. The van der Waals surface area contributed by atoms with Crippen LogP contribution in [0.1, 0.15) is 46.5 Å². The minimum Gasteiger partial charge on any atom is -0.336 e. The first-order valence-corrected chi connectivity index (χ1v) is 7.30. The highest BCUT2D eigenvalue weighted by molar-refractivity contribution is 5.93. The van der Waals surface area contributed by atoms with Crippen molar-refractivity contribution in [2.45, 2.75) is 39.2 Å². The topological polar surface area (TPSA) is 74.8 Å². The maximum atomic E-state index is 12.4. The standard InChI is InChI=1S/C15H19N5O/c1-3-14-16-7-10(8-17-14)15(21)20(2)9-13-11-5-4-6-12(11)18-19-13/h7-8H,3-6,9H2,1-2H3,(H,18,19). The fourth-order valence-corrected chi connectivity index (χ4v) is 2.68. The summed E-state index contributed by atoms with van der Waals surface area (Å²) >= 11 is 0. The van der Waals surface area contributed by atoms with Gasteiger partial charge in [-0.25, -0.2) is 9.97 Å². The monoisotopic (exact) mass is 285 g/mol. The van der Waals surface area contributed by atoms with E-state index in [1.54, 1.807) is 24.3 Å². The van der Waals surface area contributed by atoms with Crippen LogP contribution in [0.3, 0.4) is 0 Å². The highest BCUT2D eigenvalue weighted by Gasteiger charge is 2.21. The maximum absolute atomic E-state index is 12.4. The molecule has 3 rings (SSSR count). The molecule has 1 amide bonds. The molecule has 1 N–H and O–H groups in total. The summed E-state index contributed by atoms with van der Waals surface area (Å²) in [6.07, 6.45) is 7.24. The highest BCUT2D eigenvalue weighted by atomic mass is 16.2. The number of aromatic nitrogens is 4. The summed E-state index contributed by atoms with van der Waals surface area (Å²) < 4.78 is 0. The van der Waals surface area contributed by atoms with Gasteiger partial charge in [-0.2, -0.15) is 5.10 Å². The number of fused-ring (bicyclic) bond motifs is 1. The van der Waals surface area contributed by atoms with Crippen molar-refractivity contribution in [1.29, 1.82) is 0 Å². The molecule has 0 saturated heterocycles. The van der Waals surface area contributed by atoms with E-state index in [9.17, 15) is 4.79 Å². The van der Waals surface area contributed by atoms with E-state index in [0.29, 0.717) is 12.1 Å². The molecular formula is C15H19N5O. The second-order valence-electron chi connectivity index (χ2n) is 5.38. The minimum atomic E-state index is -0.0765. The number of hydrogen-bond donors (Lipinski definition) is 1. The van der Waals surface area contributed by atoms with Gasteiger partial charge in [0.2, 0.25) is 0 Å². The second kappa shape index (κ2) is 5.63. The van der Waals surface area contributed by atoms with Crippen LogP contribution in [0, 0.1) is 0 Å². The number of aryl methyl sites for hydroxylation is 2. The van der Waals surface area contributed by atoms with Crippen LogP contribution in [-0.2, 0) is 25.8 Å². The fourth-order valence-electron chi connectivity index (χ4n) is 2.68. The van der Waals surface area contributed by atoms with E-state index in [4.69, 9.17) is 0 Å². The smallest absolute Gasteiger partial charge is 0.257 e. The number of aromatic amines is 1. The van der Waals surface area contributed by atoms with Gasteiger partial charge >= 0.3 is 0 Å². The molecule has 2 aromatic heterocycles. The van der Waals surface area contributed by atoms with Gasteiger partial charge in [-0.3, -0.25) is 9.89 Å². The molecule has 1 aliphatic rings. The molecular weight excluding hydrogens is 266 g/mol. The van der Waals surface area contributed by atoms with Crippen LogP contribution in [0.15, 0.2) is 12.4 Å². The van der Waals surface area contributed by atoms with Gasteiger partial charge in [0.05, 0.1) is 17.8 Å². The molecule has 0 saturated carbocycles. The molecule has 2 heterocycles. The molecule has 0 fully saturated rings. The molecule has 0 aliphatic heterocycles. The van der Waals surface area contributed by atoms with Crippen molar-refractivity contribution < 1.29 is 4.79 Å². The van der Waals surface area contributed by atoms with E-state index in [0.717, 1.165) is 30.8 Å². The van der Waals surface area contributed by atoms with E-state index in [1.165, 1.54) is 17.7 Å². The Morgan fingerprint density at radius 1 is 1.33 bits per heavy atom. The predicted molar refractivity (Wildman–Crippen MR) is 77.8 cm³/mol. The van der Waals surface area contributed by atoms with Crippen molar-refractivity contribution >= 4 is 5.91 Å². The molecule has 0 spiro atoms. The van der Waals surface area contributed by atoms with Gasteiger partial charge in [0, 0.05) is 31.6 Å². The number of amides is 1. The van der Waals surface area contributed by atoms with E-state index in [2.05, 4.69) is 20.2 Å². The lowest BCUT2D eigenvalue weighted by Gasteiger charge is -2.16. The lowest BCUT2D eigenvalue weighted by atomic mass is 10.2. The fraction of sp³-hybridized carbons (Fsp3) is 0.467. The zero-order valence-corrected chi connectivity index (χ0v) is 12.4. The predicted octanol–water partition coefficient (Wildman–Crippen LogP) is 1.52. The molecule has 0 aromatic carbocycles. The van der Waals surface area contributed by atoms with E-state index in [1.807, 2.05) is 6.92 Å². The van der Waals surface area contributed by atoms with Crippen molar-refractivity contribution in [3.05, 3.63) is 40.7 Å². The SMILES string of the molecule is CCc1ncc(C(=O)N(C)Cc2n[nH]c3c2CCC3)cn1. The molecule has 0 radical (unpaired) electrons. The first kappa shape index (κ1) is 13.7. The van der Waals surface area contributed by atoms with Crippen LogP contribution >= 0.6 is 0 Å². The average Bonchev–Trinajstić information content (AvgIpc) is 3.11. The Morgan fingerprint density at radius 2 is 2.10 bits per heavy atom. The average molecular weight is 285 g/mol. The third kappa shape index (κ3) is 2.66. The molecule has 110 valence electrons. The van der Waals surface area contributed by atoms with Crippen LogP contribution in [0.4, 0.5) is 0 Å². The molecule has 0 bridgehead atoms. The molecule has 6 nitrogen and oxygen atoms in total. The van der Waals surface area contributed by atoms with E-state index < -0.39 is 0 Å². The zero-order chi connectivity index (χ0) is 14.8. The Balaban J connectivity index is 1.71. The first-order valence-electron chi connectivity index (χ1n) is 7.30. The van der Waals surface area contributed by atoms with Crippen molar-refractivity contribution in [2.75, 3.05) is 7.05 Å². The normalized spacial score (nSPS) is 13.2. The largest absolute Gasteiger partial charge is 0.336 e. The summed E-state index contributed by atoms with van der Waals surface area (Å²) in [4.78, 5) is 22.4. The first-order chi connectivity index (χ1) is 10.2. The van der Waals surface area contributed by atoms with Gasteiger partial charge in [0.15, 0.2) is 0 Å². The quantitative estimate of drug-likeness (QED) is 0.924. The zero-order valence-electron chi connectivity index (χ0n) is 12.4. The van der Waals surface area contributed by atoms with E-state index >= 15 is 0 Å². The lowest BCUT2D eigenvalue weighted by molar-refractivity contribution is 0.0782. The molecule has 1 aliphatic carbocycles. The number of nitrogens with zero attached hydrogens (tertiary/aromatic N) is 4. The Kier molecular flexibility index (Phi) is 3.68. The summed E-state index contributed by atoms with van der Waals surface area (Å²) in [5.41, 5.74) is 4.00. The van der Waals surface area contributed by atoms with Crippen LogP contribution in [0.2, 0.25) is 0 Å². The Morgan fingerprint density at radius 3 is 2.81 bits per heavy atom. The molecule has 0 unspecified atom stereocenters. The summed E-state index contributed by atoms with van der Waals surface area (Å²) in [5, 5.41) is 7.40. The van der Waals surface area contributed by atoms with Crippen molar-refractivity contribution in [3.8, 4) is 0 Å². The van der Waals surface area contributed by atoms with E-state index in [-0.39, 0.29) is 5.91 Å². The van der Waals surface area contributed by atoms with Gasteiger partial charge in [0.1, 0.15) is 5.82 Å². The third-order valence-electron chi connectivity index (χ3n) is 3.89. The third-order valence-corrected chi connectivity index (χ3v) is 3.89. The van der Waals surface area contributed by atoms with Gasteiger partial charge in [-0.15, -0.1) is 0 Å². The lowest BCUT2D eigenvalue weighted by Crippen LogP contribution is -2.27. The van der Waals surface area contributed by atoms with Crippen molar-refractivity contribution in [3.63, 3.8) is 0 Å². The van der Waals surface area contributed by atoms with Crippen LogP contribution < -0.4 is 0 Å². The Labute approximate surface area is 123 Å².